The smallest absolute Gasteiger partial charge is 0.0727 e. The van der Waals surface area contributed by atoms with E-state index in [4.69, 9.17) is 4.74 Å². The minimum absolute atomic E-state index is 0.793. The summed E-state index contributed by atoms with van der Waals surface area (Å²) in [6.07, 6.45) is 5.54. The molecule has 2 nitrogen and oxygen atoms in total. The average Bonchev–Trinajstić information content (AvgIpc) is 2.65. The molecule has 0 atom stereocenters. The third-order valence-electron chi connectivity index (χ3n) is 3.77. The SMILES string of the molecule is CCNCc1cc(COCCC2CCC2)c(C)s1. The summed E-state index contributed by atoms with van der Waals surface area (Å²) in [5.41, 5.74) is 1.38. The standard InChI is InChI=1S/C15H25NOS/c1-3-16-10-15-9-14(12(2)18-15)11-17-8-7-13-5-4-6-13/h9,13,16H,3-8,10-11H2,1-2H3. The fourth-order valence-electron chi connectivity index (χ4n) is 2.28. The summed E-state index contributed by atoms with van der Waals surface area (Å²) in [5.74, 6) is 0.956. The van der Waals surface area contributed by atoms with Crippen LogP contribution in [0.3, 0.4) is 0 Å². The Morgan fingerprint density at radius 1 is 1.44 bits per heavy atom. The number of nitrogens with one attached hydrogen (secondary N) is 1. The van der Waals surface area contributed by atoms with Crippen molar-refractivity contribution in [3.8, 4) is 0 Å². The van der Waals surface area contributed by atoms with E-state index in [1.165, 1.54) is 41.0 Å². The Morgan fingerprint density at radius 3 is 2.94 bits per heavy atom. The zero-order valence-electron chi connectivity index (χ0n) is 11.6. The molecule has 1 fully saturated rings. The highest BCUT2D eigenvalue weighted by molar-refractivity contribution is 7.12. The van der Waals surface area contributed by atoms with Crippen molar-refractivity contribution in [1.29, 1.82) is 0 Å². The zero-order valence-corrected chi connectivity index (χ0v) is 12.4. The molecule has 0 aliphatic heterocycles. The molecule has 1 N–H and O–H groups in total. The van der Waals surface area contributed by atoms with E-state index in [9.17, 15) is 0 Å². The van der Waals surface area contributed by atoms with Gasteiger partial charge in [0.25, 0.3) is 0 Å². The van der Waals surface area contributed by atoms with Gasteiger partial charge in [0, 0.05) is 22.9 Å². The van der Waals surface area contributed by atoms with E-state index in [0.29, 0.717) is 0 Å². The first kappa shape index (κ1) is 14.0. The van der Waals surface area contributed by atoms with Crippen LogP contribution in [0.25, 0.3) is 0 Å². The van der Waals surface area contributed by atoms with Crippen molar-refractivity contribution in [2.75, 3.05) is 13.2 Å². The molecule has 0 bridgehead atoms. The van der Waals surface area contributed by atoms with E-state index < -0.39 is 0 Å². The van der Waals surface area contributed by atoms with E-state index in [0.717, 1.165) is 32.2 Å². The van der Waals surface area contributed by atoms with Gasteiger partial charge in [-0.25, -0.2) is 0 Å². The second-order valence-corrected chi connectivity index (χ2v) is 6.55. The quantitative estimate of drug-likeness (QED) is 0.722. The maximum absolute atomic E-state index is 5.81. The van der Waals surface area contributed by atoms with Crippen molar-refractivity contribution in [3.05, 3.63) is 21.4 Å². The van der Waals surface area contributed by atoms with Crippen LogP contribution < -0.4 is 5.32 Å². The van der Waals surface area contributed by atoms with Gasteiger partial charge in [-0.1, -0.05) is 26.2 Å². The Balaban J connectivity index is 1.68. The highest BCUT2D eigenvalue weighted by Crippen LogP contribution is 2.29. The van der Waals surface area contributed by atoms with Crippen molar-refractivity contribution in [2.45, 2.75) is 52.7 Å². The molecule has 2 rings (SSSR count). The first-order valence-electron chi connectivity index (χ1n) is 7.16. The van der Waals surface area contributed by atoms with Gasteiger partial charge in [0.1, 0.15) is 0 Å². The van der Waals surface area contributed by atoms with Crippen molar-refractivity contribution >= 4 is 11.3 Å². The van der Waals surface area contributed by atoms with E-state index in [1.54, 1.807) is 0 Å². The van der Waals surface area contributed by atoms with E-state index >= 15 is 0 Å². The molecule has 1 saturated carbocycles. The molecule has 1 aliphatic rings. The first-order chi connectivity index (χ1) is 8.79. The Morgan fingerprint density at radius 2 is 2.28 bits per heavy atom. The molecule has 1 aromatic rings. The van der Waals surface area contributed by atoms with Gasteiger partial charge in [-0.05, 0) is 37.4 Å². The fraction of sp³-hybridized carbons (Fsp3) is 0.733. The van der Waals surface area contributed by atoms with Crippen LogP contribution in [0.4, 0.5) is 0 Å². The van der Waals surface area contributed by atoms with Crippen LogP contribution in [0.1, 0.15) is 47.9 Å². The van der Waals surface area contributed by atoms with Gasteiger partial charge < -0.3 is 10.1 Å². The second kappa shape index (κ2) is 7.27. The average molecular weight is 267 g/mol. The molecule has 0 amide bonds. The van der Waals surface area contributed by atoms with Crippen LogP contribution >= 0.6 is 11.3 Å². The van der Waals surface area contributed by atoms with Crippen LogP contribution in [0.2, 0.25) is 0 Å². The summed E-state index contributed by atoms with van der Waals surface area (Å²) in [6, 6.07) is 2.30. The largest absolute Gasteiger partial charge is 0.377 e. The van der Waals surface area contributed by atoms with Crippen molar-refractivity contribution in [2.24, 2.45) is 5.92 Å². The second-order valence-electron chi connectivity index (χ2n) is 5.21. The molecule has 18 heavy (non-hydrogen) atoms. The maximum atomic E-state index is 5.81. The van der Waals surface area contributed by atoms with Crippen LogP contribution in [-0.4, -0.2) is 13.2 Å². The third kappa shape index (κ3) is 4.08. The monoisotopic (exact) mass is 267 g/mol. The van der Waals surface area contributed by atoms with Gasteiger partial charge >= 0.3 is 0 Å². The van der Waals surface area contributed by atoms with Gasteiger partial charge in [-0.2, -0.15) is 0 Å². The molecular weight excluding hydrogens is 242 g/mol. The van der Waals surface area contributed by atoms with E-state index in [1.807, 2.05) is 11.3 Å². The van der Waals surface area contributed by atoms with Gasteiger partial charge in [-0.3, -0.25) is 0 Å². The molecule has 1 heterocycles. The predicted molar refractivity (Wildman–Crippen MR) is 78.1 cm³/mol. The van der Waals surface area contributed by atoms with E-state index in [2.05, 4.69) is 25.2 Å². The lowest BCUT2D eigenvalue weighted by atomic mass is 9.83. The summed E-state index contributed by atoms with van der Waals surface area (Å²) >= 11 is 1.89. The number of ether oxygens (including phenoxy) is 1. The Bertz CT molecular complexity index is 357. The summed E-state index contributed by atoms with van der Waals surface area (Å²) in [5, 5.41) is 3.37. The van der Waals surface area contributed by atoms with Crippen molar-refractivity contribution in [1.82, 2.24) is 5.32 Å². The number of rotatable bonds is 8. The molecule has 0 unspecified atom stereocenters. The molecule has 102 valence electrons. The molecule has 0 aromatic carbocycles. The minimum atomic E-state index is 0.793. The van der Waals surface area contributed by atoms with Crippen LogP contribution in [0.15, 0.2) is 6.07 Å². The minimum Gasteiger partial charge on any atom is -0.377 e. The summed E-state index contributed by atoms with van der Waals surface area (Å²) < 4.78 is 5.81. The van der Waals surface area contributed by atoms with Gasteiger partial charge in [0.15, 0.2) is 0 Å². The van der Waals surface area contributed by atoms with Crippen molar-refractivity contribution in [3.63, 3.8) is 0 Å². The van der Waals surface area contributed by atoms with Gasteiger partial charge in [0.2, 0.25) is 0 Å². The van der Waals surface area contributed by atoms with Crippen molar-refractivity contribution < 1.29 is 4.74 Å². The Kier molecular flexibility index (Phi) is 5.67. The molecular formula is C15H25NOS. The highest BCUT2D eigenvalue weighted by Gasteiger charge is 2.16. The molecule has 0 radical (unpaired) electrons. The fourth-order valence-corrected chi connectivity index (χ4v) is 3.30. The molecule has 3 heteroatoms. The lowest BCUT2D eigenvalue weighted by molar-refractivity contribution is 0.0949. The highest BCUT2D eigenvalue weighted by atomic mass is 32.1. The zero-order chi connectivity index (χ0) is 12.8. The normalized spacial score (nSPS) is 15.9. The maximum Gasteiger partial charge on any atom is 0.0727 e. The predicted octanol–water partition coefficient (Wildman–Crippen LogP) is 3.87. The Hall–Kier alpha value is -0.380. The molecule has 1 aliphatic carbocycles. The van der Waals surface area contributed by atoms with Crippen LogP contribution in [0.5, 0.6) is 0 Å². The lowest BCUT2D eigenvalue weighted by Crippen LogP contribution is -2.13. The number of hydrogen-bond acceptors (Lipinski definition) is 3. The van der Waals surface area contributed by atoms with Crippen LogP contribution in [-0.2, 0) is 17.9 Å². The third-order valence-corrected chi connectivity index (χ3v) is 4.87. The molecule has 0 saturated heterocycles. The summed E-state index contributed by atoms with van der Waals surface area (Å²) in [4.78, 5) is 2.83. The number of hydrogen-bond donors (Lipinski definition) is 1. The first-order valence-corrected chi connectivity index (χ1v) is 7.98. The van der Waals surface area contributed by atoms with E-state index in [-0.39, 0.29) is 0 Å². The summed E-state index contributed by atoms with van der Waals surface area (Å²) in [7, 11) is 0. The number of aryl methyl sites for hydroxylation is 1. The van der Waals surface area contributed by atoms with Gasteiger partial charge in [0.05, 0.1) is 6.61 Å². The van der Waals surface area contributed by atoms with Crippen LogP contribution in [0, 0.1) is 12.8 Å². The van der Waals surface area contributed by atoms with Gasteiger partial charge in [-0.15, -0.1) is 11.3 Å². The Labute approximate surface area is 115 Å². The molecule has 0 spiro atoms. The number of thiophene rings is 1. The lowest BCUT2D eigenvalue weighted by Gasteiger charge is -2.24. The molecule has 1 aromatic heterocycles. The topological polar surface area (TPSA) is 21.3 Å². The summed E-state index contributed by atoms with van der Waals surface area (Å²) in [6.45, 7) is 8.09.